The summed E-state index contributed by atoms with van der Waals surface area (Å²) in [7, 11) is 0. The molecule has 104 valence electrons. The third-order valence-corrected chi connectivity index (χ3v) is 4.65. The number of fused-ring (bicyclic) bond motifs is 1. The number of nitrogens with one attached hydrogen (secondary N) is 1. The molecule has 2 aliphatic rings. The maximum absolute atomic E-state index is 5.79. The Morgan fingerprint density at radius 3 is 2.89 bits per heavy atom. The Kier molecular flexibility index (Phi) is 3.27. The van der Waals surface area contributed by atoms with Crippen molar-refractivity contribution in [2.45, 2.75) is 45.4 Å². The van der Waals surface area contributed by atoms with E-state index in [9.17, 15) is 0 Å². The van der Waals surface area contributed by atoms with Crippen LogP contribution >= 0.6 is 0 Å². The molecular formula is C16H23NO2. The van der Waals surface area contributed by atoms with Crippen molar-refractivity contribution >= 4 is 0 Å². The lowest BCUT2D eigenvalue weighted by Crippen LogP contribution is -2.61. The molecule has 1 N–H and O–H groups in total. The molecule has 0 aromatic heterocycles. The van der Waals surface area contributed by atoms with Gasteiger partial charge in [-0.2, -0.15) is 0 Å². The molecule has 1 aromatic rings. The molecule has 3 unspecified atom stereocenters. The van der Waals surface area contributed by atoms with Crippen LogP contribution in [-0.2, 0) is 4.74 Å². The SMILES string of the molecule is CCOC1CC(NC2COc3ccccc32)C1(C)C. The molecule has 3 rings (SSSR count). The van der Waals surface area contributed by atoms with Crippen molar-refractivity contribution < 1.29 is 9.47 Å². The van der Waals surface area contributed by atoms with Crippen molar-refractivity contribution in [3.63, 3.8) is 0 Å². The van der Waals surface area contributed by atoms with Crippen LogP contribution in [0.2, 0.25) is 0 Å². The minimum atomic E-state index is 0.202. The predicted octanol–water partition coefficient (Wildman–Crippen LogP) is 2.91. The molecule has 19 heavy (non-hydrogen) atoms. The highest BCUT2D eigenvalue weighted by Crippen LogP contribution is 2.44. The van der Waals surface area contributed by atoms with Crippen molar-refractivity contribution in [1.82, 2.24) is 5.32 Å². The molecule has 0 amide bonds. The number of benzene rings is 1. The second kappa shape index (κ2) is 4.80. The van der Waals surface area contributed by atoms with Gasteiger partial charge in [0.15, 0.2) is 0 Å². The quantitative estimate of drug-likeness (QED) is 0.904. The summed E-state index contributed by atoms with van der Waals surface area (Å²) in [6.07, 6.45) is 1.48. The Morgan fingerprint density at radius 1 is 1.37 bits per heavy atom. The molecule has 3 nitrogen and oxygen atoms in total. The highest BCUT2D eigenvalue weighted by Gasteiger charge is 2.49. The van der Waals surface area contributed by atoms with Gasteiger partial charge in [-0.3, -0.25) is 0 Å². The molecule has 3 atom stereocenters. The van der Waals surface area contributed by atoms with E-state index in [1.165, 1.54) is 5.56 Å². The number of rotatable bonds is 4. The first-order valence-electron chi connectivity index (χ1n) is 7.22. The average molecular weight is 261 g/mol. The summed E-state index contributed by atoms with van der Waals surface area (Å²) in [5, 5.41) is 3.75. The fraction of sp³-hybridized carbons (Fsp3) is 0.625. The standard InChI is InChI=1S/C16H23NO2/c1-4-18-15-9-14(16(15,2)3)17-12-10-19-13-8-6-5-7-11(12)13/h5-8,12,14-15,17H,4,9-10H2,1-3H3. The van der Waals surface area contributed by atoms with Crippen LogP contribution in [0.3, 0.4) is 0 Å². The van der Waals surface area contributed by atoms with E-state index in [0.29, 0.717) is 18.2 Å². The molecule has 0 spiro atoms. The molecule has 1 saturated carbocycles. The van der Waals surface area contributed by atoms with Crippen LogP contribution in [0.4, 0.5) is 0 Å². The van der Waals surface area contributed by atoms with Gasteiger partial charge in [-0.05, 0) is 19.4 Å². The second-order valence-corrected chi connectivity index (χ2v) is 6.12. The molecule has 1 aromatic carbocycles. The van der Waals surface area contributed by atoms with E-state index in [1.54, 1.807) is 0 Å². The normalized spacial score (nSPS) is 31.4. The van der Waals surface area contributed by atoms with E-state index in [4.69, 9.17) is 9.47 Å². The van der Waals surface area contributed by atoms with Gasteiger partial charge < -0.3 is 14.8 Å². The van der Waals surface area contributed by atoms with E-state index in [0.717, 1.165) is 25.4 Å². The Morgan fingerprint density at radius 2 is 2.16 bits per heavy atom. The summed E-state index contributed by atoms with van der Waals surface area (Å²) in [5.74, 6) is 1.03. The number of hydrogen-bond acceptors (Lipinski definition) is 3. The molecule has 1 fully saturated rings. The van der Waals surface area contributed by atoms with Gasteiger partial charge >= 0.3 is 0 Å². The fourth-order valence-corrected chi connectivity index (χ4v) is 3.20. The molecule has 1 heterocycles. The van der Waals surface area contributed by atoms with Gasteiger partial charge in [0.1, 0.15) is 12.4 Å². The minimum Gasteiger partial charge on any atom is -0.491 e. The number of hydrogen-bond donors (Lipinski definition) is 1. The average Bonchev–Trinajstić information content (AvgIpc) is 2.81. The van der Waals surface area contributed by atoms with Crippen LogP contribution in [0.15, 0.2) is 24.3 Å². The lowest BCUT2D eigenvalue weighted by Gasteiger charge is -2.52. The monoisotopic (exact) mass is 261 g/mol. The zero-order chi connectivity index (χ0) is 13.5. The van der Waals surface area contributed by atoms with Gasteiger partial charge in [0, 0.05) is 23.6 Å². The first-order chi connectivity index (χ1) is 9.13. The molecule has 1 aliphatic carbocycles. The Bertz CT molecular complexity index is 458. The lowest BCUT2D eigenvalue weighted by atomic mass is 9.64. The maximum Gasteiger partial charge on any atom is 0.124 e. The Balaban J connectivity index is 1.65. The van der Waals surface area contributed by atoms with Crippen molar-refractivity contribution in [3.05, 3.63) is 29.8 Å². The van der Waals surface area contributed by atoms with Crippen LogP contribution in [-0.4, -0.2) is 25.4 Å². The molecule has 3 heteroatoms. The molecule has 0 bridgehead atoms. The molecule has 1 aliphatic heterocycles. The smallest absolute Gasteiger partial charge is 0.124 e. The first-order valence-corrected chi connectivity index (χ1v) is 7.22. The molecular weight excluding hydrogens is 238 g/mol. The van der Waals surface area contributed by atoms with E-state index in [2.05, 4.69) is 38.2 Å². The third kappa shape index (κ3) is 2.15. The summed E-state index contributed by atoms with van der Waals surface area (Å²) in [5.41, 5.74) is 1.49. The summed E-state index contributed by atoms with van der Waals surface area (Å²) in [6.45, 7) is 8.19. The van der Waals surface area contributed by atoms with Gasteiger partial charge in [0.2, 0.25) is 0 Å². The van der Waals surface area contributed by atoms with E-state index in [1.807, 2.05) is 12.1 Å². The van der Waals surface area contributed by atoms with Crippen molar-refractivity contribution in [1.29, 1.82) is 0 Å². The van der Waals surface area contributed by atoms with Crippen LogP contribution in [0, 0.1) is 5.41 Å². The third-order valence-electron chi connectivity index (χ3n) is 4.65. The van der Waals surface area contributed by atoms with Crippen LogP contribution in [0.5, 0.6) is 5.75 Å². The van der Waals surface area contributed by atoms with Gasteiger partial charge in [0.25, 0.3) is 0 Å². The van der Waals surface area contributed by atoms with E-state index >= 15 is 0 Å². The van der Waals surface area contributed by atoms with Gasteiger partial charge in [0.05, 0.1) is 12.1 Å². The van der Waals surface area contributed by atoms with E-state index in [-0.39, 0.29) is 5.41 Å². The fourth-order valence-electron chi connectivity index (χ4n) is 3.20. The van der Waals surface area contributed by atoms with Crippen LogP contribution < -0.4 is 10.1 Å². The number of para-hydroxylation sites is 1. The first kappa shape index (κ1) is 12.9. The largest absolute Gasteiger partial charge is 0.491 e. The topological polar surface area (TPSA) is 30.5 Å². The highest BCUT2D eigenvalue weighted by molar-refractivity contribution is 5.39. The summed E-state index contributed by atoms with van der Waals surface area (Å²) in [4.78, 5) is 0. The van der Waals surface area contributed by atoms with Crippen LogP contribution in [0.25, 0.3) is 0 Å². The Hall–Kier alpha value is -1.06. The van der Waals surface area contributed by atoms with Crippen molar-refractivity contribution in [2.24, 2.45) is 5.41 Å². The minimum absolute atomic E-state index is 0.202. The van der Waals surface area contributed by atoms with Crippen LogP contribution in [0.1, 0.15) is 38.8 Å². The van der Waals surface area contributed by atoms with Crippen molar-refractivity contribution in [3.8, 4) is 5.75 Å². The maximum atomic E-state index is 5.79. The predicted molar refractivity (Wildman–Crippen MR) is 75.4 cm³/mol. The summed E-state index contributed by atoms with van der Waals surface area (Å²) < 4.78 is 11.5. The second-order valence-electron chi connectivity index (χ2n) is 6.12. The van der Waals surface area contributed by atoms with Crippen molar-refractivity contribution in [2.75, 3.05) is 13.2 Å². The summed E-state index contributed by atoms with van der Waals surface area (Å²) in [6, 6.07) is 9.14. The molecule has 0 radical (unpaired) electrons. The van der Waals surface area contributed by atoms with E-state index < -0.39 is 0 Å². The van der Waals surface area contributed by atoms with Gasteiger partial charge in [-0.25, -0.2) is 0 Å². The number of ether oxygens (including phenoxy) is 2. The highest BCUT2D eigenvalue weighted by atomic mass is 16.5. The lowest BCUT2D eigenvalue weighted by molar-refractivity contribution is -0.116. The molecule has 0 saturated heterocycles. The zero-order valence-electron chi connectivity index (χ0n) is 12.0. The zero-order valence-corrected chi connectivity index (χ0v) is 12.0. The van der Waals surface area contributed by atoms with Gasteiger partial charge in [-0.1, -0.05) is 32.0 Å². The summed E-state index contributed by atoms with van der Waals surface area (Å²) >= 11 is 0. The Labute approximate surface area is 115 Å². The van der Waals surface area contributed by atoms with Gasteiger partial charge in [-0.15, -0.1) is 0 Å².